The predicted molar refractivity (Wildman–Crippen MR) is 117 cm³/mol. The Morgan fingerprint density at radius 2 is 2.09 bits per heavy atom. The number of hydrogen-bond acceptors (Lipinski definition) is 9. The lowest BCUT2D eigenvalue weighted by atomic mass is 9.86. The molecule has 11 nitrogen and oxygen atoms in total. The van der Waals surface area contributed by atoms with Gasteiger partial charge in [0.2, 0.25) is 0 Å². The molecule has 4 heterocycles. The molecule has 3 N–H and O–H groups in total. The maximum atomic E-state index is 13.2. The number of non-ortho nitro benzene ring substituents is 1. The van der Waals surface area contributed by atoms with Gasteiger partial charge in [-0.25, -0.2) is 9.78 Å². The topological polar surface area (TPSA) is 157 Å². The van der Waals surface area contributed by atoms with Crippen LogP contribution < -0.4 is 10.9 Å². The first-order chi connectivity index (χ1) is 15.8. The largest absolute Gasteiger partial charge is 0.458 e. The van der Waals surface area contributed by atoms with E-state index < -0.39 is 16.5 Å². The number of fused-ring (bicyclic) bond motifs is 5. The number of hydrogen-bond donors (Lipinski definition) is 3. The highest BCUT2D eigenvalue weighted by atomic mass is 16.6. The fourth-order valence-corrected chi connectivity index (χ4v) is 4.51. The molecule has 170 valence electrons. The van der Waals surface area contributed by atoms with Crippen molar-refractivity contribution in [2.24, 2.45) is 0 Å². The molecule has 5 rings (SSSR count). The summed E-state index contributed by atoms with van der Waals surface area (Å²) in [5.74, 6) is -0.797. The van der Waals surface area contributed by atoms with Gasteiger partial charge in [-0.05, 0) is 18.6 Å². The number of benzene rings is 1. The van der Waals surface area contributed by atoms with E-state index in [9.17, 15) is 29.9 Å². The summed E-state index contributed by atoms with van der Waals surface area (Å²) in [5.41, 5.74) is 0.448. The molecule has 11 heteroatoms. The summed E-state index contributed by atoms with van der Waals surface area (Å²) in [5, 5.41) is 35.0. The Morgan fingerprint density at radius 1 is 1.30 bits per heavy atom. The number of cyclic esters (lactones) is 1. The average molecular weight is 452 g/mol. The SMILES string of the molecule is CC[C@@]1(O)C(=O)OCc2c1cc1n(c2=O)Cc2cc3cc([N+](=O)[O-])cc(NCCO)c3nc2-1. The molecule has 0 saturated carbocycles. The van der Waals surface area contributed by atoms with Gasteiger partial charge in [-0.15, -0.1) is 0 Å². The van der Waals surface area contributed by atoms with E-state index >= 15 is 0 Å². The number of aliphatic hydroxyl groups excluding tert-OH is 1. The fraction of sp³-hybridized carbons (Fsp3) is 0.318. The van der Waals surface area contributed by atoms with Gasteiger partial charge in [0.1, 0.15) is 6.61 Å². The van der Waals surface area contributed by atoms with Crippen LogP contribution in [0.25, 0.3) is 22.3 Å². The molecule has 2 aliphatic heterocycles. The minimum absolute atomic E-state index is 0.0403. The summed E-state index contributed by atoms with van der Waals surface area (Å²) in [6.45, 7) is 1.60. The fourth-order valence-electron chi connectivity index (χ4n) is 4.51. The highest BCUT2D eigenvalue weighted by Gasteiger charge is 2.45. The predicted octanol–water partition coefficient (Wildman–Crippen LogP) is 1.39. The lowest BCUT2D eigenvalue weighted by molar-refractivity contribution is -0.384. The molecule has 2 aromatic heterocycles. The smallest absolute Gasteiger partial charge is 0.343 e. The van der Waals surface area contributed by atoms with Gasteiger partial charge in [0, 0.05) is 35.2 Å². The minimum Gasteiger partial charge on any atom is -0.458 e. The summed E-state index contributed by atoms with van der Waals surface area (Å²) in [7, 11) is 0. The van der Waals surface area contributed by atoms with Gasteiger partial charge in [0.25, 0.3) is 11.2 Å². The Balaban J connectivity index is 1.75. The van der Waals surface area contributed by atoms with E-state index in [0.717, 1.165) is 0 Å². The van der Waals surface area contributed by atoms with Crippen LogP contribution in [-0.2, 0) is 28.3 Å². The molecular formula is C22H20N4O7. The highest BCUT2D eigenvalue weighted by molar-refractivity contribution is 5.95. The van der Waals surface area contributed by atoms with E-state index in [1.54, 1.807) is 19.1 Å². The number of nitro benzene ring substituents is 1. The molecule has 1 atom stereocenters. The first-order valence-electron chi connectivity index (χ1n) is 10.4. The van der Waals surface area contributed by atoms with Crippen molar-refractivity contribution in [2.45, 2.75) is 32.1 Å². The molecule has 0 saturated heterocycles. The van der Waals surface area contributed by atoms with Gasteiger partial charge in [-0.2, -0.15) is 0 Å². The van der Waals surface area contributed by atoms with Crippen LogP contribution in [0.4, 0.5) is 11.4 Å². The summed E-state index contributed by atoms with van der Waals surface area (Å²) in [6, 6.07) is 6.11. The number of ether oxygens (including phenoxy) is 1. The summed E-state index contributed by atoms with van der Waals surface area (Å²) < 4.78 is 6.57. The van der Waals surface area contributed by atoms with Crippen LogP contribution >= 0.6 is 0 Å². The molecule has 2 aliphatic rings. The number of carbonyl (C=O) groups excluding carboxylic acids is 1. The maximum absolute atomic E-state index is 13.2. The van der Waals surface area contributed by atoms with Gasteiger partial charge in [0.15, 0.2) is 5.60 Å². The van der Waals surface area contributed by atoms with Gasteiger partial charge in [0.05, 0.1) is 46.2 Å². The number of aliphatic hydroxyl groups is 2. The second-order valence-corrected chi connectivity index (χ2v) is 8.07. The zero-order valence-electron chi connectivity index (χ0n) is 17.6. The molecule has 0 unspecified atom stereocenters. The Bertz CT molecular complexity index is 1410. The van der Waals surface area contributed by atoms with Gasteiger partial charge in [-0.1, -0.05) is 6.92 Å². The zero-order chi connectivity index (χ0) is 23.5. The Morgan fingerprint density at radius 3 is 2.79 bits per heavy atom. The van der Waals surface area contributed by atoms with Crippen molar-refractivity contribution in [1.29, 1.82) is 0 Å². The number of pyridine rings is 2. The van der Waals surface area contributed by atoms with E-state index in [2.05, 4.69) is 5.32 Å². The van der Waals surface area contributed by atoms with Crippen LogP contribution in [0.1, 0.15) is 30.0 Å². The Labute approximate surface area is 186 Å². The molecule has 33 heavy (non-hydrogen) atoms. The molecule has 0 aliphatic carbocycles. The van der Waals surface area contributed by atoms with Crippen LogP contribution in [-0.4, -0.2) is 43.8 Å². The van der Waals surface area contributed by atoms with Crippen LogP contribution in [0.3, 0.4) is 0 Å². The average Bonchev–Trinajstić information content (AvgIpc) is 3.16. The number of nitrogens with zero attached hydrogens (tertiary/aromatic N) is 3. The number of rotatable bonds is 5. The van der Waals surface area contributed by atoms with Crippen molar-refractivity contribution >= 4 is 28.2 Å². The van der Waals surface area contributed by atoms with Crippen molar-refractivity contribution in [3.63, 3.8) is 0 Å². The van der Waals surface area contributed by atoms with Crippen LogP contribution in [0.2, 0.25) is 0 Å². The number of anilines is 1. The molecule has 0 spiro atoms. The third-order valence-electron chi connectivity index (χ3n) is 6.23. The van der Waals surface area contributed by atoms with Crippen LogP contribution in [0, 0.1) is 10.1 Å². The van der Waals surface area contributed by atoms with Gasteiger partial charge < -0.3 is 24.8 Å². The summed E-state index contributed by atoms with van der Waals surface area (Å²) >= 11 is 0. The third kappa shape index (κ3) is 3.00. The van der Waals surface area contributed by atoms with E-state index in [0.29, 0.717) is 33.5 Å². The standard InChI is InChI=1S/C22H20N4O7/c1-2-22(30)15-8-17-19-12(9-25(17)20(28)14(15)10-33-21(22)29)5-11-6-13(26(31)32)7-16(18(11)24-19)23-3-4-27/h5-8,23,27,30H,2-4,9-10H2,1H3/t22-/m0/s1. The molecule has 1 aromatic carbocycles. The van der Waals surface area contributed by atoms with Gasteiger partial charge >= 0.3 is 5.97 Å². The number of nitro groups is 1. The molecular weight excluding hydrogens is 432 g/mol. The van der Waals surface area contributed by atoms with E-state index in [1.165, 1.54) is 16.7 Å². The van der Waals surface area contributed by atoms with Crippen LogP contribution in [0.5, 0.6) is 0 Å². The maximum Gasteiger partial charge on any atom is 0.343 e. The lowest BCUT2D eigenvalue weighted by Gasteiger charge is -2.31. The second kappa shape index (κ2) is 7.36. The number of aromatic nitrogens is 2. The lowest BCUT2D eigenvalue weighted by Crippen LogP contribution is -2.44. The summed E-state index contributed by atoms with van der Waals surface area (Å²) in [6.07, 6.45) is 0.0403. The van der Waals surface area contributed by atoms with Crippen molar-refractivity contribution in [3.8, 4) is 11.4 Å². The molecule has 0 fully saturated rings. The Kier molecular flexibility index (Phi) is 4.69. The first-order valence-corrected chi connectivity index (χ1v) is 10.4. The zero-order valence-corrected chi connectivity index (χ0v) is 17.6. The van der Waals surface area contributed by atoms with E-state index in [4.69, 9.17) is 9.72 Å². The van der Waals surface area contributed by atoms with Crippen molar-refractivity contribution in [1.82, 2.24) is 9.55 Å². The molecule has 0 radical (unpaired) electrons. The number of nitrogens with one attached hydrogen (secondary N) is 1. The van der Waals surface area contributed by atoms with Crippen molar-refractivity contribution in [3.05, 3.63) is 61.4 Å². The van der Waals surface area contributed by atoms with Crippen LogP contribution in [0.15, 0.2) is 29.1 Å². The molecule has 0 bridgehead atoms. The first kappa shape index (κ1) is 21.0. The number of carbonyl (C=O) groups is 1. The third-order valence-corrected chi connectivity index (χ3v) is 6.23. The molecule has 0 amide bonds. The Hall–Kier alpha value is -3.83. The van der Waals surface area contributed by atoms with Crippen molar-refractivity contribution < 1.29 is 24.7 Å². The van der Waals surface area contributed by atoms with Gasteiger partial charge in [-0.3, -0.25) is 14.9 Å². The van der Waals surface area contributed by atoms with Crippen molar-refractivity contribution in [2.75, 3.05) is 18.5 Å². The van der Waals surface area contributed by atoms with E-state index in [1.807, 2.05) is 0 Å². The molecule has 3 aromatic rings. The monoisotopic (exact) mass is 452 g/mol. The second-order valence-electron chi connectivity index (χ2n) is 8.07. The van der Waals surface area contributed by atoms with E-state index in [-0.39, 0.29) is 55.1 Å². The number of esters is 1. The highest BCUT2D eigenvalue weighted by Crippen LogP contribution is 2.40. The summed E-state index contributed by atoms with van der Waals surface area (Å²) in [4.78, 5) is 41.1. The quantitative estimate of drug-likeness (QED) is 0.231. The normalized spacial score (nSPS) is 18.5. The minimum atomic E-state index is -1.92.